The Hall–Kier alpha value is -2.27. The number of carbonyl (C=O) groups excluding carboxylic acids is 3. The van der Waals surface area contributed by atoms with Gasteiger partial charge < -0.3 is 39.8 Å². The number of hydrogen-bond donors (Lipinski definition) is 4. The number of aliphatic hydroxyl groups is 2. The highest BCUT2D eigenvalue weighted by Crippen LogP contribution is 1.95. The van der Waals surface area contributed by atoms with Gasteiger partial charge in [0.05, 0.1) is 12.2 Å². The molecule has 4 N–H and O–H groups in total. The van der Waals surface area contributed by atoms with E-state index in [9.17, 15) is 24.6 Å². The smallest absolute Gasteiger partial charge is 0.446 e. The Balaban J connectivity index is 3.57. The summed E-state index contributed by atoms with van der Waals surface area (Å²) >= 11 is 0. The summed E-state index contributed by atoms with van der Waals surface area (Å²) in [6, 6.07) is 0. The van der Waals surface area contributed by atoms with Crippen LogP contribution >= 0.6 is 0 Å². The number of ether oxygens (including phenoxy) is 4. The highest BCUT2D eigenvalue weighted by Gasteiger charge is 2.09. The summed E-state index contributed by atoms with van der Waals surface area (Å²) in [5.74, 6) is 0. The van der Waals surface area contributed by atoms with E-state index < -0.39 is 30.5 Å². The second-order valence-electron chi connectivity index (χ2n) is 5.87. The predicted molar refractivity (Wildman–Crippen MR) is 97.8 cm³/mol. The Morgan fingerprint density at radius 3 is 1.43 bits per heavy atom. The first-order valence-electron chi connectivity index (χ1n) is 9.35. The van der Waals surface area contributed by atoms with Crippen LogP contribution in [-0.2, 0) is 18.9 Å². The minimum Gasteiger partial charge on any atom is -0.446 e. The van der Waals surface area contributed by atoms with Gasteiger partial charge in [-0.2, -0.15) is 0 Å². The first-order valence-corrected chi connectivity index (χ1v) is 9.35. The Morgan fingerprint density at radius 1 is 0.714 bits per heavy atom. The summed E-state index contributed by atoms with van der Waals surface area (Å²) in [5, 5.41) is 23.7. The lowest BCUT2D eigenvalue weighted by Gasteiger charge is -2.12. The maximum absolute atomic E-state index is 11.3. The lowest BCUT2D eigenvalue weighted by Crippen LogP contribution is -2.33. The van der Waals surface area contributed by atoms with Gasteiger partial charge >= 0.3 is 18.3 Å². The predicted octanol–water partition coefficient (Wildman–Crippen LogP) is 0.914. The Bertz CT molecular complexity index is 410. The fourth-order valence-electron chi connectivity index (χ4n) is 1.94. The van der Waals surface area contributed by atoms with E-state index in [0.29, 0.717) is 12.8 Å². The molecule has 2 unspecified atom stereocenters. The van der Waals surface area contributed by atoms with Crippen molar-refractivity contribution in [2.75, 3.05) is 39.5 Å². The van der Waals surface area contributed by atoms with Gasteiger partial charge in [0.2, 0.25) is 0 Å². The molecular formula is C17H32N2O9. The molecule has 11 nitrogen and oxygen atoms in total. The van der Waals surface area contributed by atoms with Crippen LogP contribution in [0.2, 0.25) is 0 Å². The van der Waals surface area contributed by atoms with Crippen molar-refractivity contribution < 1.29 is 43.5 Å². The quantitative estimate of drug-likeness (QED) is 0.187. The third kappa shape index (κ3) is 15.9. The molecule has 0 rings (SSSR count). The van der Waals surface area contributed by atoms with Crippen LogP contribution in [0.25, 0.3) is 0 Å². The van der Waals surface area contributed by atoms with Crippen molar-refractivity contribution >= 4 is 18.3 Å². The first kappa shape index (κ1) is 25.7. The minimum absolute atomic E-state index is 0.0840. The summed E-state index contributed by atoms with van der Waals surface area (Å²) in [6.07, 6.45) is -0.972. The van der Waals surface area contributed by atoms with Crippen LogP contribution in [0.5, 0.6) is 0 Å². The van der Waals surface area contributed by atoms with Gasteiger partial charge in [-0.15, -0.1) is 0 Å². The van der Waals surface area contributed by atoms with E-state index in [1.54, 1.807) is 0 Å². The largest absolute Gasteiger partial charge is 0.508 e. The Kier molecular flexibility index (Phi) is 15.5. The van der Waals surface area contributed by atoms with Crippen molar-refractivity contribution in [3.05, 3.63) is 0 Å². The molecule has 0 saturated carbocycles. The van der Waals surface area contributed by atoms with Crippen LogP contribution < -0.4 is 10.6 Å². The average molecular weight is 408 g/mol. The van der Waals surface area contributed by atoms with E-state index in [-0.39, 0.29) is 39.5 Å². The lowest BCUT2D eigenvalue weighted by atomic mass is 10.2. The molecule has 0 fully saturated rings. The monoisotopic (exact) mass is 408 g/mol. The zero-order chi connectivity index (χ0) is 21.2. The number of rotatable bonds is 14. The Labute approximate surface area is 164 Å². The molecule has 0 aromatic heterocycles. The molecule has 0 aromatic rings. The molecule has 0 aliphatic rings. The summed E-state index contributed by atoms with van der Waals surface area (Å²) in [5.41, 5.74) is 0. The van der Waals surface area contributed by atoms with Gasteiger partial charge in [-0.05, 0) is 12.8 Å². The topological polar surface area (TPSA) is 153 Å². The fourth-order valence-corrected chi connectivity index (χ4v) is 1.94. The summed E-state index contributed by atoms with van der Waals surface area (Å²) in [7, 11) is 0. The molecule has 2 atom stereocenters. The van der Waals surface area contributed by atoms with E-state index in [2.05, 4.69) is 20.1 Å². The molecule has 11 heteroatoms. The van der Waals surface area contributed by atoms with E-state index in [0.717, 1.165) is 12.8 Å². The fraction of sp³-hybridized carbons (Fsp3) is 0.824. The van der Waals surface area contributed by atoms with Crippen LogP contribution in [0.1, 0.15) is 39.5 Å². The number of carbonyl (C=O) groups is 3. The SMILES string of the molecule is CCCC(O)CNC(=O)OCCOC(=O)OCCOC(=O)NCC(O)CCC. The number of aliphatic hydroxyl groups excluding tert-OH is 2. The molecule has 0 radical (unpaired) electrons. The van der Waals surface area contributed by atoms with E-state index >= 15 is 0 Å². The lowest BCUT2D eigenvalue weighted by molar-refractivity contribution is 0.0263. The normalized spacial score (nSPS) is 12.4. The maximum Gasteiger partial charge on any atom is 0.508 e. The second-order valence-corrected chi connectivity index (χ2v) is 5.87. The summed E-state index contributed by atoms with van der Waals surface area (Å²) in [6.45, 7) is 3.23. The molecule has 164 valence electrons. The van der Waals surface area contributed by atoms with Crippen LogP contribution in [0, 0.1) is 0 Å². The van der Waals surface area contributed by atoms with E-state index in [4.69, 9.17) is 9.47 Å². The molecule has 0 saturated heterocycles. The number of amides is 2. The highest BCUT2D eigenvalue weighted by atomic mass is 16.7. The van der Waals surface area contributed by atoms with Crippen molar-refractivity contribution in [1.29, 1.82) is 0 Å². The van der Waals surface area contributed by atoms with Gasteiger partial charge in [0.1, 0.15) is 26.4 Å². The van der Waals surface area contributed by atoms with Crippen molar-refractivity contribution in [2.24, 2.45) is 0 Å². The third-order valence-corrected chi connectivity index (χ3v) is 3.28. The third-order valence-electron chi connectivity index (χ3n) is 3.28. The molecule has 0 spiro atoms. The van der Waals surface area contributed by atoms with Crippen molar-refractivity contribution in [2.45, 2.75) is 51.7 Å². The van der Waals surface area contributed by atoms with Gasteiger partial charge in [-0.3, -0.25) is 0 Å². The van der Waals surface area contributed by atoms with Crippen LogP contribution in [0.4, 0.5) is 14.4 Å². The van der Waals surface area contributed by atoms with Crippen molar-refractivity contribution in [1.82, 2.24) is 10.6 Å². The number of hydrogen-bond acceptors (Lipinski definition) is 9. The molecule has 28 heavy (non-hydrogen) atoms. The molecule has 0 aliphatic heterocycles. The average Bonchev–Trinajstić information content (AvgIpc) is 2.66. The van der Waals surface area contributed by atoms with Gasteiger partial charge in [0.15, 0.2) is 0 Å². The zero-order valence-electron chi connectivity index (χ0n) is 16.5. The molecule has 2 amide bonds. The van der Waals surface area contributed by atoms with Gasteiger partial charge in [-0.1, -0.05) is 26.7 Å². The standard InChI is InChI=1S/C17H32N2O9/c1-3-5-13(20)11-18-15(22)25-7-9-27-17(24)28-10-8-26-16(23)19-12-14(21)6-4-2/h13-14,20-21H,3-12H2,1-2H3,(H,18,22)(H,19,23). The zero-order valence-corrected chi connectivity index (χ0v) is 16.5. The van der Waals surface area contributed by atoms with Crippen LogP contribution in [-0.4, -0.2) is 80.3 Å². The summed E-state index contributed by atoms with van der Waals surface area (Å²) in [4.78, 5) is 33.9. The van der Waals surface area contributed by atoms with Crippen LogP contribution in [0.15, 0.2) is 0 Å². The molecular weight excluding hydrogens is 376 g/mol. The molecule has 0 bridgehead atoms. The highest BCUT2D eigenvalue weighted by molar-refractivity contribution is 5.67. The van der Waals surface area contributed by atoms with E-state index in [1.165, 1.54) is 0 Å². The van der Waals surface area contributed by atoms with Crippen LogP contribution in [0.3, 0.4) is 0 Å². The van der Waals surface area contributed by atoms with Gasteiger partial charge in [-0.25, -0.2) is 14.4 Å². The number of alkyl carbamates (subject to hydrolysis) is 2. The van der Waals surface area contributed by atoms with Gasteiger partial charge in [0, 0.05) is 13.1 Å². The van der Waals surface area contributed by atoms with Crippen molar-refractivity contribution in [3.63, 3.8) is 0 Å². The minimum atomic E-state index is -0.996. The maximum atomic E-state index is 11.3. The van der Waals surface area contributed by atoms with E-state index in [1.807, 2.05) is 13.8 Å². The number of nitrogens with one attached hydrogen (secondary N) is 2. The molecule has 0 aromatic carbocycles. The Morgan fingerprint density at radius 2 is 1.07 bits per heavy atom. The molecule has 0 heterocycles. The summed E-state index contributed by atoms with van der Waals surface area (Å²) < 4.78 is 18.8. The van der Waals surface area contributed by atoms with Gasteiger partial charge in [0.25, 0.3) is 0 Å². The second kappa shape index (κ2) is 16.9. The molecule has 0 aliphatic carbocycles. The van der Waals surface area contributed by atoms with Crippen molar-refractivity contribution in [3.8, 4) is 0 Å². The first-order chi connectivity index (χ1) is 13.4.